The topological polar surface area (TPSA) is 33.0 Å². The molecule has 0 aliphatic rings. The number of ether oxygens (including phenoxy) is 1. The van der Waals surface area contributed by atoms with Crippen LogP contribution in [0.15, 0.2) is 42.5 Å². The summed E-state index contributed by atoms with van der Waals surface area (Å²) in [5.74, 6) is 0.501. The Balaban J connectivity index is 1.86. The van der Waals surface area contributed by atoms with E-state index in [2.05, 4.69) is 6.07 Å². The third-order valence-corrected chi connectivity index (χ3v) is 4.03. The molecule has 2 rings (SSSR count). The van der Waals surface area contributed by atoms with Crippen molar-refractivity contribution in [3.8, 4) is 11.8 Å². The zero-order chi connectivity index (χ0) is 15.9. The molecule has 0 saturated heterocycles. The molecule has 0 bridgehead atoms. The van der Waals surface area contributed by atoms with Gasteiger partial charge in [0.25, 0.3) is 0 Å². The van der Waals surface area contributed by atoms with Gasteiger partial charge in [-0.25, -0.2) is 0 Å². The summed E-state index contributed by atoms with van der Waals surface area (Å²) in [4.78, 5) is 0. The van der Waals surface area contributed by atoms with E-state index in [9.17, 15) is 5.26 Å². The third-order valence-electron chi connectivity index (χ3n) is 3.21. The molecular formula is C17H14Cl3NO. The highest BCUT2D eigenvalue weighted by Gasteiger charge is 2.14. The number of nitriles is 1. The highest BCUT2D eigenvalue weighted by atomic mass is 35.5. The standard InChI is InChI=1S/C17H14Cl3NO/c18-13-3-6-15(7-4-13)22-9-1-2-12(11-21)16-8-5-14(19)10-17(16)20/h3-8,10,12H,1-2,9H2/t12-/m1/s1. The number of halogens is 3. The van der Waals surface area contributed by atoms with Crippen molar-refractivity contribution >= 4 is 34.8 Å². The van der Waals surface area contributed by atoms with E-state index in [0.29, 0.717) is 28.1 Å². The quantitative estimate of drug-likeness (QED) is 0.586. The van der Waals surface area contributed by atoms with E-state index < -0.39 is 0 Å². The van der Waals surface area contributed by atoms with Crippen molar-refractivity contribution in [1.29, 1.82) is 5.26 Å². The van der Waals surface area contributed by atoms with Crippen LogP contribution in [-0.4, -0.2) is 6.61 Å². The van der Waals surface area contributed by atoms with Crippen molar-refractivity contribution in [2.75, 3.05) is 6.61 Å². The molecule has 0 saturated carbocycles. The molecule has 2 nitrogen and oxygen atoms in total. The number of hydrogen-bond acceptors (Lipinski definition) is 2. The lowest BCUT2D eigenvalue weighted by atomic mass is 9.96. The molecule has 0 unspecified atom stereocenters. The lowest BCUT2D eigenvalue weighted by Gasteiger charge is -2.12. The summed E-state index contributed by atoms with van der Waals surface area (Å²) in [7, 11) is 0. The summed E-state index contributed by atoms with van der Waals surface area (Å²) in [6.07, 6.45) is 1.42. The van der Waals surface area contributed by atoms with E-state index >= 15 is 0 Å². The minimum atomic E-state index is -0.265. The van der Waals surface area contributed by atoms with Crippen LogP contribution in [0.25, 0.3) is 0 Å². The maximum atomic E-state index is 9.32. The van der Waals surface area contributed by atoms with Crippen LogP contribution < -0.4 is 4.74 Å². The highest BCUT2D eigenvalue weighted by Crippen LogP contribution is 2.30. The van der Waals surface area contributed by atoms with Crippen molar-refractivity contribution in [1.82, 2.24) is 0 Å². The molecular weight excluding hydrogens is 341 g/mol. The zero-order valence-corrected chi connectivity index (χ0v) is 14.0. The largest absolute Gasteiger partial charge is 0.494 e. The normalized spacial score (nSPS) is 11.7. The molecule has 0 spiro atoms. The van der Waals surface area contributed by atoms with Crippen LogP contribution in [0, 0.1) is 11.3 Å². The molecule has 114 valence electrons. The second kappa shape index (κ2) is 8.29. The van der Waals surface area contributed by atoms with Gasteiger partial charge in [-0.1, -0.05) is 40.9 Å². The van der Waals surface area contributed by atoms with E-state index in [-0.39, 0.29) is 5.92 Å². The number of benzene rings is 2. The molecule has 5 heteroatoms. The third kappa shape index (κ3) is 4.81. The Morgan fingerprint density at radius 1 is 1.00 bits per heavy atom. The van der Waals surface area contributed by atoms with E-state index in [1.807, 2.05) is 12.1 Å². The predicted molar refractivity (Wildman–Crippen MR) is 91.0 cm³/mol. The molecule has 1 atom stereocenters. The first-order valence-electron chi connectivity index (χ1n) is 6.83. The molecule has 22 heavy (non-hydrogen) atoms. The van der Waals surface area contributed by atoms with E-state index in [4.69, 9.17) is 39.5 Å². The molecule has 0 radical (unpaired) electrons. The fraction of sp³-hybridized carbons (Fsp3) is 0.235. The summed E-state index contributed by atoms with van der Waals surface area (Å²) < 4.78 is 5.62. The average molecular weight is 355 g/mol. The van der Waals surface area contributed by atoms with Crippen LogP contribution >= 0.6 is 34.8 Å². The van der Waals surface area contributed by atoms with Crippen LogP contribution in [-0.2, 0) is 0 Å². The second-order valence-electron chi connectivity index (χ2n) is 4.79. The number of hydrogen-bond donors (Lipinski definition) is 0. The lowest BCUT2D eigenvalue weighted by molar-refractivity contribution is 0.305. The van der Waals surface area contributed by atoms with Crippen molar-refractivity contribution in [2.45, 2.75) is 18.8 Å². The molecule has 0 aliphatic carbocycles. The monoisotopic (exact) mass is 353 g/mol. The van der Waals surface area contributed by atoms with Crippen LogP contribution in [0.3, 0.4) is 0 Å². The second-order valence-corrected chi connectivity index (χ2v) is 6.07. The zero-order valence-electron chi connectivity index (χ0n) is 11.7. The summed E-state index contributed by atoms with van der Waals surface area (Å²) in [6, 6.07) is 14.7. The minimum Gasteiger partial charge on any atom is -0.494 e. The molecule has 2 aromatic carbocycles. The Hall–Kier alpha value is -1.40. The van der Waals surface area contributed by atoms with Crippen LogP contribution in [0.1, 0.15) is 24.3 Å². The fourth-order valence-corrected chi connectivity index (χ4v) is 2.75. The van der Waals surface area contributed by atoms with Gasteiger partial charge in [-0.3, -0.25) is 0 Å². The molecule has 0 amide bonds. The average Bonchev–Trinajstić information content (AvgIpc) is 2.50. The van der Waals surface area contributed by atoms with Gasteiger partial charge in [-0.2, -0.15) is 5.26 Å². The van der Waals surface area contributed by atoms with E-state index in [0.717, 1.165) is 17.7 Å². The van der Waals surface area contributed by atoms with Gasteiger partial charge in [0, 0.05) is 15.1 Å². The Morgan fingerprint density at radius 3 is 2.32 bits per heavy atom. The van der Waals surface area contributed by atoms with Gasteiger partial charge in [0.1, 0.15) is 5.75 Å². The van der Waals surface area contributed by atoms with Gasteiger partial charge >= 0.3 is 0 Å². The SMILES string of the molecule is N#C[C@@H](CCCOc1ccc(Cl)cc1)c1ccc(Cl)cc1Cl. The Bertz CT molecular complexity index is 665. The molecule has 2 aromatic rings. The van der Waals surface area contributed by atoms with Gasteiger partial charge in [-0.15, -0.1) is 0 Å². The lowest BCUT2D eigenvalue weighted by Crippen LogP contribution is -2.02. The summed E-state index contributed by atoms with van der Waals surface area (Å²) in [6.45, 7) is 0.533. The number of rotatable bonds is 6. The first kappa shape index (κ1) is 17.0. The van der Waals surface area contributed by atoms with Gasteiger partial charge in [0.2, 0.25) is 0 Å². The Labute approximate surface area is 145 Å². The highest BCUT2D eigenvalue weighted by molar-refractivity contribution is 6.35. The van der Waals surface area contributed by atoms with E-state index in [1.54, 1.807) is 30.3 Å². The van der Waals surface area contributed by atoms with Gasteiger partial charge in [-0.05, 0) is 54.8 Å². The molecule has 0 heterocycles. The van der Waals surface area contributed by atoms with Crippen LogP contribution in [0.4, 0.5) is 0 Å². The summed E-state index contributed by atoms with van der Waals surface area (Å²) in [5.41, 5.74) is 0.806. The maximum Gasteiger partial charge on any atom is 0.119 e. The smallest absolute Gasteiger partial charge is 0.119 e. The van der Waals surface area contributed by atoms with Gasteiger partial charge in [0.05, 0.1) is 18.6 Å². The first-order valence-corrected chi connectivity index (χ1v) is 7.96. The minimum absolute atomic E-state index is 0.265. The summed E-state index contributed by atoms with van der Waals surface area (Å²) in [5, 5.41) is 11.1. The molecule has 0 aliphatic heterocycles. The van der Waals surface area contributed by atoms with Crippen LogP contribution in [0.2, 0.25) is 15.1 Å². The molecule has 0 N–H and O–H groups in total. The van der Waals surface area contributed by atoms with E-state index in [1.165, 1.54) is 0 Å². The number of nitrogens with zero attached hydrogens (tertiary/aromatic N) is 1. The molecule has 0 fully saturated rings. The Morgan fingerprint density at radius 2 is 1.68 bits per heavy atom. The predicted octanol–water partition coefficient (Wildman–Crippen LogP) is 6.11. The molecule has 0 aromatic heterocycles. The van der Waals surface area contributed by atoms with Crippen molar-refractivity contribution in [2.24, 2.45) is 0 Å². The van der Waals surface area contributed by atoms with Gasteiger partial charge in [0.15, 0.2) is 0 Å². The first-order chi connectivity index (χ1) is 10.6. The van der Waals surface area contributed by atoms with Crippen molar-refractivity contribution in [3.05, 3.63) is 63.1 Å². The van der Waals surface area contributed by atoms with Crippen molar-refractivity contribution in [3.63, 3.8) is 0 Å². The van der Waals surface area contributed by atoms with Crippen molar-refractivity contribution < 1.29 is 4.74 Å². The summed E-state index contributed by atoms with van der Waals surface area (Å²) >= 11 is 17.8. The fourth-order valence-electron chi connectivity index (χ4n) is 2.08. The van der Waals surface area contributed by atoms with Gasteiger partial charge < -0.3 is 4.74 Å². The van der Waals surface area contributed by atoms with Crippen LogP contribution in [0.5, 0.6) is 5.75 Å². The Kier molecular flexibility index (Phi) is 6.39. The maximum absolute atomic E-state index is 9.32.